The van der Waals surface area contributed by atoms with Gasteiger partial charge in [-0.1, -0.05) is 20.8 Å². The minimum atomic E-state index is -0.820. The summed E-state index contributed by atoms with van der Waals surface area (Å²) in [5.74, 6) is -0.137. The lowest BCUT2D eigenvalue weighted by molar-refractivity contribution is -0.146. The lowest BCUT2D eigenvalue weighted by Crippen LogP contribution is -2.46. The van der Waals surface area contributed by atoms with Gasteiger partial charge in [0.1, 0.15) is 0 Å². The van der Waals surface area contributed by atoms with Crippen LogP contribution in [0, 0.1) is 29.6 Å². The Labute approximate surface area is 121 Å². The van der Waals surface area contributed by atoms with Crippen LogP contribution in [0.5, 0.6) is 0 Å². The van der Waals surface area contributed by atoms with E-state index in [-0.39, 0.29) is 17.9 Å². The Balaban J connectivity index is 1.95. The average molecular weight is 281 g/mol. The first-order valence-electron chi connectivity index (χ1n) is 7.91. The molecule has 0 aromatic heterocycles. The van der Waals surface area contributed by atoms with Gasteiger partial charge >= 0.3 is 5.97 Å². The quantitative estimate of drug-likeness (QED) is 0.836. The van der Waals surface area contributed by atoms with Crippen molar-refractivity contribution in [3.8, 4) is 0 Å². The molecule has 0 saturated heterocycles. The number of carboxylic acid groups (broad SMARTS) is 1. The van der Waals surface area contributed by atoms with Crippen LogP contribution in [0.3, 0.4) is 0 Å². The van der Waals surface area contributed by atoms with Gasteiger partial charge in [0.25, 0.3) is 0 Å². The summed E-state index contributed by atoms with van der Waals surface area (Å²) in [5, 5.41) is 12.4. The van der Waals surface area contributed by atoms with E-state index < -0.39 is 11.9 Å². The van der Waals surface area contributed by atoms with Gasteiger partial charge in [-0.05, 0) is 49.9 Å². The zero-order valence-electron chi connectivity index (χ0n) is 12.8. The molecule has 0 bridgehead atoms. The van der Waals surface area contributed by atoms with E-state index in [2.05, 4.69) is 19.2 Å². The van der Waals surface area contributed by atoms with Crippen molar-refractivity contribution < 1.29 is 14.7 Å². The molecule has 0 radical (unpaired) electrons. The number of carboxylic acids is 1. The highest BCUT2D eigenvalue weighted by atomic mass is 16.4. The number of rotatable bonds is 3. The van der Waals surface area contributed by atoms with Gasteiger partial charge in [0.15, 0.2) is 0 Å². The predicted molar refractivity (Wildman–Crippen MR) is 77.1 cm³/mol. The first kappa shape index (κ1) is 15.3. The van der Waals surface area contributed by atoms with Gasteiger partial charge in [0.05, 0.1) is 11.8 Å². The molecule has 0 aliphatic heterocycles. The smallest absolute Gasteiger partial charge is 0.307 e. The first-order chi connectivity index (χ1) is 9.38. The molecule has 2 fully saturated rings. The van der Waals surface area contributed by atoms with E-state index in [1.54, 1.807) is 0 Å². The van der Waals surface area contributed by atoms with E-state index in [1.807, 2.05) is 6.92 Å². The number of hydrogen-bond acceptors (Lipinski definition) is 2. The highest BCUT2D eigenvalue weighted by molar-refractivity contribution is 5.85. The third-order valence-electron chi connectivity index (χ3n) is 5.21. The van der Waals surface area contributed by atoms with Crippen molar-refractivity contribution in [3.63, 3.8) is 0 Å². The molecule has 20 heavy (non-hydrogen) atoms. The molecule has 2 saturated carbocycles. The molecule has 0 aromatic rings. The lowest BCUT2D eigenvalue weighted by Gasteiger charge is -2.34. The van der Waals surface area contributed by atoms with E-state index in [9.17, 15) is 14.7 Å². The zero-order chi connectivity index (χ0) is 14.9. The molecule has 114 valence electrons. The fourth-order valence-electron chi connectivity index (χ4n) is 4.02. The molecule has 0 heterocycles. The summed E-state index contributed by atoms with van der Waals surface area (Å²) in [6, 6.07) is 0.226. The summed E-state index contributed by atoms with van der Waals surface area (Å²) in [6.45, 7) is 6.48. The SMILES string of the molecule is CC1CCC(NC(=O)[C@H]2CC(C)C[C@H]2C(=O)O)C(C)C1. The zero-order valence-corrected chi connectivity index (χ0v) is 12.8. The average Bonchev–Trinajstić information content (AvgIpc) is 2.75. The molecule has 0 spiro atoms. The highest BCUT2D eigenvalue weighted by Gasteiger charge is 2.42. The molecular weight excluding hydrogens is 254 g/mol. The minimum Gasteiger partial charge on any atom is -0.481 e. The van der Waals surface area contributed by atoms with E-state index in [4.69, 9.17) is 0 Å². The lowest BCUT2D eigenvalue weighted by atomic mass is 9.79. The summed E-state index contributed by atoms with van der Waals surface area (Å²) >= 11 is 0. The van der Waals surface area contributed by atoms with Crippen LogP contribution in [0.4, 0.5) is 0 Å². The van der Waals surface area contributed by atoms with Crippen LogP contribution in [0.1, 0.15) is 52.9 Å². The summed E-state index contributed by atoms with van der Waals surface area (Å²) in [5.41, 5.74) is 0. The number of nitrogens with one attached hydrogen (secondary N) is 1. The minimum absolute atomic E-state index is 0.0341. The van der Waals surface area contributed by atoms with E-state index >= 15 is 0 Å². The van der Waals surface area contributed by atoms with Gasteiger partial charge in [-0.3, -0.25) is 9.59 Å². The second kappa shape index (κ2) is 6.15. The summed E-state index contributed by atoms with van der Waals surface area (Å²) in [6.07, 6.45) is 4.66. The first-order valence-corrected chi connectivity index (χ1v) is 7.91. The molecule has 6 atom stereocenters. The number of carbonyl (C=O) groups is 2. The van der Waals surface area contributed by atoms with Gasteiger partial charge < -0.3 is 10.4 Å². The monoisotopic (exact) mass is 281 g/mol. The Bertz CT molecular complexity index is 382. The Kier molecular flexibility index (Phi) is 4.71. The molecule has 4 unspecified atom stereocenters. The Morgan fingerprint density at radius 1 is 0.950 bits per heavy atom. The molecule has 2 aliphatic rings. The molecular formula is C16H27NO3. The van der Waals surface area contributed by atoms with Crippen molar-refractivity contribution in [3.05, 3.63) is 0 Å². The second-order valence-corrected chi connectivity index (χ2v) is 7.14. The number of amides is 1. The maximum Gasteiger partial charge on any atom is 0.307 e. The van der Waals surface area contributed by atoms with E-state index in [0.717, 1.165) is 25.2 Å². The largest absolute Gasteiger partial charge is 0.481 e. The van der Waals surface area contributed by atoms with Gasteiger partial charge in [0.2, 0.25) is 5.91 Å². The van der Waals surface area contributed by atoms with Crippen molar-refractivity contribution in [2.75, 3.05) is 0 Å². The Morgan fingerprint density at radius 2 is 1.60 bits per heavy atom. The fourth-order valence-corrected chi connectivity index (χ4v) is 4.02. The molecule has 0 aromatic carbocycles. The van der Waals surface area contributed by atoms with Gasteiger partial charge in [0, 0.05) is 6.04 Å². The molecule has 4 nitrogen and oxygen atoms in total. The van der Waals surface area contributed by atoms with E-state index in [1.165, 1.54) is 0 Å². The molecule has 2 rings (SSSR count). The number of aliphatic carboxylic acids is 1. The Hall–Kier alpha value is -1.06. The number of hydrogen-bond donors (Lipinski definition) is 2. The third kappa shape index (κ3) is 3.33. The highest BCUT2D eigenvalue weighted by Crippen LogP contribution is 2.37. The molecule has 4 heteroatoms. The van der Waals surface area contributed by atoms with Crippen LogP contribution in [0.25, 0.3) is 0 Å². The van der Waals surface area contributed by atoms with Gasteiger partial charge in [-0.25, -0.2) is 0 Å². The third-order valence-corrected chi connectivity index (χ3v) is 5.21. The van der Waals surface area contributed by atoms with E-state index in [0.29, 0.717) is 24.7 Å². The van der Waals surface area contributed by atoms with Crippen LogP contribution in [0.2, 0.25) is 0 Å². The van der Waals surface area contributed by atoms with Crippen LogP contribution in [-0.4, -0.2) is 23.0 Å². The van der Waals surface area contributed by atoms with Gasteiger partial charge in [-0.2, -0.15) is 0 Å². The van der Waals surface area contributed by atoms with Gasteiger partial charge in [-0.15, -0.1) is 0 Å². The molecule has 2 N–H and O–H groups in total. The normalized spacial score (nSPS) is 41.4. The van der Waals surface area contributed by atoms with Crippen LogP contribution >= 0.6 is 0 Å². The maximum atomic E-state index is 12.4. The van der Waals surface area contributed by atoms with Crippen LogP contribution in [-0.2, 0) is 9.59 Å². The molecule has 2 aliphatic carbocycles. The summed E-state index contributed by atoms with van der Waals surface area (Å²) in [4.78, 5) is 23.7. The topological polar surface area (TPSA) is 66.4 Å². The summed E-state index contributed by atoms with van der Waals surface area (Å²) < 4.78 is 0. The fraction of sp³-hybridized carbons (Fsp3) is 0.875. The second-order valence-electron chi connectivity index (χ2n) is 7.14. The number of carbonyl (C=O) groups excluding carboxylic acids is 1. The van der Waals surface area contributed by atoms with Crippen LogP contribution in [0.15, 0.2) is 0 Å². The van der Waals surface area contributed by atoms with Crippen molar-refractivity contribution in [1.82, 2.24) is 5.32 Å². The summed E-state index contributed by atoms with van der Waals surface area (Å²) in [7, 11) is 0. The molecule has 1 amide bonds. The Morgan fingerprint density at radius 3 is 2.20 bits per heavy atom. The standard InChI is InChI=1S/C16H27NO3/c1-9-4-5-14(11(3)6-9)17-15(18)12-7-10(2)8-13(12)16(19)20/h9-14H,4-8H2,1-3H3,(H,17,18)(H,19,20)/t9?,10?,11?,12-,13+,14?/m0/s1. The predicted octanol–water partition coefficient (Wildman–Crippen LogP) is 2.67. The van der Waals surface area contributed by atoms with Crippen molar-refractivity contribution in [2.24, 2.45) is 29.6 Å². The van der Waals surface area contributed by atoms with Crippen molar-refractivity contribution in [1.29, 1.82) is 0 Å². The van der Waals surface area contributed by atoms with Crippen molar-refractivity contribution >= 4 is 11.9 Å². The van der Waals surface area contributed by atoms with Crippen molar-refractivity contribution in [2.45, 2.75) is 58.9 Å². The maximum absolute atomic E-state index is 12.4. The van der Waals surface area contributed by atoms with Crippen LogP contribution < -0.4 is 5.32 Å².